The fraction of sp³-hybridized carbons (Fsp3) is 0.469. The van der Waals surface area contributed by atoms with Crippen molar-refractivity contribution in [1.29, 1.82) is 0 Å². The van der Waals surface area contributed by atoms with Crippen molar-refractivity contribution in [1.82, 2.24) is 29.2 Å². The van der Waals surface area contributed by atoms with Gasteiger partial charge in [-0.15, -0.1) is 0 Å². The molecule has 2 aliphatic heterocycles. The Morgan fingerprint density at radius 1 is 0.618 bits per heavy atom. The van der Waals surface area contributed by atoms with Gasteiger partial charge in [0.2, 0.25) is 10.0 Å². The van der Waals surface area contributed by atoms with Crippen LogP contribution in [-0.2, 0) is 25.2 Å². The van der Waals surface area contributed by atoms with Gasteiger partial charge in [0.15, 0.2) is 0 Å². The number of unbranched alkanes of at least 4 members (excludes halogenated alkanes) is 6. The molecule has 0 radical (unpaired) electrons. The molecule has 5 aromatic rings. The van der Waals surface area contributed by atoms with Crippen LogP contribution in [0.5, 0.6) is 0 Å². The van der Waals surface area contributed by atoms with Crippen LogP contribution in [0.25, 0.3) is 11.4 Å². The molecule has 368 valence electrons. The number of nitrogens with one attached hydrogen (secondary N) is 1. The van der Waals surface area contributed by atoms with Crippen LogP contribution in [0.15, 0.2) is 101 Å². The molecule has 0 bridgehead atoms. The van der Waals surface area contributed by atoms with Crippen molar-refractivity contribution in [2.24, 2.45) is 0 Å². The van der Waals surface area contributed by atoms with Gasteiger partial charge in [0.1, 0.15) is 23.3 Å². The average molecular weight is 967 g/mol. The number of anilines is 2. The molecule has 4 heterocycles. The van der Waals surface area contributed by atoms with Gasteiger partial charge in [-0.3, -0.25) is 9.59 Å². The molecule has 2 atom stereocenters. The lowest BCUT2D eigenvalue weighted by molar-refractivity contribution is 0.103. The van der Waals surface area contributed by atoms with Crippen LogP contribution in [-0.4, -0.2) is 110 Å². The molecular weight excluding hydrogens is 905 g/mol. The van der Waals surface area contributed by atoms with E-state index in [0.717, 1.165) is 104 Å². The quantitative estimate of drug-likeness (QED) is 0.0599. The van der Waals surface area contributed by atoms with Crippen molar-refractivity contribution in [3.8, 4) is 11.4 Å². The minimum Gasteiger partial charge on any atom is -0.379 e. The standard InChI is InChI=1S/C28H34F2N4O4S.C21H28F2N4O2/c1-2-3-4-8-13-38-20-27-19-32(39(36,37)21-22-9-6-5-7-10-22)11-12-33(27)26-17-28(35)34(31-18-26)25-15-23(29)14-24(30)16-25;1-2-3-4-5-8-29-15-20-13-24-6-7-26(20)19-12-21(28)27(25-14-19)18-10-16(22)9-17(23)11-18/h5-7,9-10,14-18,27H,2-4,8,11-13,19-21H2,1H3;9-12,14,20,24H,2-8,13,15H2,1H3. The van der Waals surface area contributed by atoms with Crippen molar-refractivity contribution < 1.29 is 35.5 Å². The summed E-state index contributed by atoms with van der Waals surface area (Å²) in [7, 11) is -3.58. The number of aromatic nitrogens is 4. The molecule has 2 aliphatic rings. The van der Waals surface area contributed by atoms with E-state index < -0.39 is 44.4 Å². The smallest absolute Gasteiger partial charge is 0.273 e. The summed E-state index contributed by atoms with van der Waals surface area (Å²) in [6, 6.07) is 17.3. The van der Waals surface area contributed by atoms with Crippen LogP contribution in [0, 0.1) is 23.3 Å². The van der Waals surface area contributed by atoms with Gasteiger partial charge in [0, 0.05) is 76.7 Å². The molecule has 0 aliphatic carbocycles. The summed E-state index contributed by atoms with van der Waals surface area (Å²) in [6.07, 6.45) is 11.9. The Morgan fingerprint density at radius 3 is 1.62 bits per heavy atom. The molecule has 0 amide bonds. The van der Waals surface area contributed by atoms with Crippen molar-refractivity contribution >= 4 is 21.4 Å². The zero-order valence-corrected chi connectivity index (χ0v) is 39.6. The molecule has 0 saturated carbocycles. The second-order valence-electron chi connectivity index (χ2n) is 17.0. The third-order valence-electron chi connectivity index (χ3n) is 11.7. The first-order valence-corrected chi connectivity index (χ1v) is 25.0. The third-order valence-corrected chi connectivity index (χ3v) is 13.5. The van der Waals surface area contributed by atoms with Crippen molar-refractivity contribution in [3.05, 3.63) is 141 Å². The number of nitrogens with zero attached hydrogens (tertiary/aromatic N) is 7. The molecule has 19 heteroatoms. The van der Waals surface area contributed by atoms with E-state index in [0.29, 0.717) is 36.7 Å². The Morgan fingerprint density at radius 2 is 1.12 bits per heavy atom. The highest BCUT2D eigenvalue weighted by Gasteiger charge is 2.34. The van der Waals surface area contributed by atoms with E-state index in [1.165, 1.54) is 41.9 Å². The molecule has 1 N–H and O–H groups in total. The number of hydrogen-bond donors (Lipinski definition) is 1. The van der Waals surface area contributed by atoms with Gasteiger partial charge in [-0.1, -0.05) is 82.7 Å². The first-order valence-electron chi connectivity index (χ1n) is 23.4. The number of ether oxygens (including phenoxy) is 2. The minimum atomic E-state index is -3.58. The lowest BCUT2D eigenvalue weighted by Gasteiger charge is -2.41. The Hall–Kier alpha value is -5.47. The minimum absolute atomic E-state index is 0.0205. The summed E-state index contributed by atoms with van der Waals surface area (Å²) in [4.78, 5) is 29.5. The van der Waals surface area contributed by atoms with E-state index in [2.05, 4.69) is 34.3 Å². The Balaban J connectivity index is 0.000000234. The normalized spacial score (nSPS) is 16.7. The molecule has 0 spiro atoms. The predicted molar refractivity (Wildman–Crippen MR) is 255 cm³/mol. The van der Waals surface area contributed by atoms with Crippen molar-refractivity contribution in [2.75, 3.05) is 75.5 Å². The lowest BCUT2D eigenvalue weighted by atomic mass is 10.2. The summed E-state index contributed by atoms with van der Waals surface area (Å²) >= 11 is 0. The zero-order chi connectivity index (χ0) is 48.5. The largest absolute Gasteiger partial charge is 0.379 e. The second kappa shape index (κ2) is 25.8. The van der Waals surface area contributed by atoms with E-state index in [9.17, 15) is 35.6 Å². The van der Waals surface area contributed by atoms with Crippen LogP contribution in [0.4, 0.5) is 28.9 Å². The number of sulfonamides is 1. The van der Waals surface area contributed by atoms with Crippen LogP contribution in [0.3, 0.4) is 0 Å². The van der Waals surface area contributed by atoms with Crippen LogP contribution >= 0.6 is 0 Å². The summed E-state index contributed by atoms with van der Waals surface area (Å²) in [6.45, 7) is 9.50. The summed E-state index contributed by atoms with van der Waals surface area (Å²) in [5.74, 6) is -3.23. The maximum absolute atomic E-state index is 13.7. The molecule has 68 heavy (non-hydrogen) atoms. The summed E-state index contributed by atoms with van der Waals surface area (Å²) < 4.78 is 96.0. The molecule has 3 aromatic carbocycles. The van der Waals surface area contributed by atoms with Gasteiger partial charge < -0.3 is 24.6 Å². The van der Waals surface area contributed by atoms with Gasteiger partial charge in [0.05, 0.1) is 66.2 Å². The number of piperazine rings is 2. The van der Waals surface area contributed by atoms with E-state index >= 15 is 0 Å². The lowest BCUT2D eigenvalue weighted by Crippen LogP contribution is -2.57. The van der Waals surface area contributed by atoms with Gasteiger partial charge in [-0.2, -0.15) is 23.9 Å². The molecule has 2 aromatic heterocycles. The van der Waals surface area contributed by atoms with Crippen molar-refractivity contribution in [2.45, 2.75) is 83.1 Å². The van der Waals surface area contributed by atoms with Gasteiger partial charge >= 0.3 is 0 Å². The topological polar surface area (TPSA) is 144 Å². The third kappa shape index (κ3) is 15.0. The monoisotopic (exact) mass is 966 g/mol. The maximum Gasteiger partial charge on any atom is 0.273 e. The van der Waals surface area contributed by atoms with Gasteiger partial charge in [0.25, 0.3) is 11.1 Å². The molecule has 14 nitrogen and oxygen atoms in total. The number of benzene rings is 3. The first kappa shape index (κ1) is 51.9. The van der Waals surface area contributed by atoms with Gasteiger partial charge in [-0.05, 0) is 42.7 Å². The van der Waals surface area contributed by atoms with E-state index in [1.807, 2.05) is 23.1 Å². The van der Waals surface area contributed by atoms with Crippen LogP contribution in [0.1, 0.15) is 70.8 Å². The molecule has 7 rings (SSSR count). The highest BCUT2D eigenvalue weighted by molar-refractivity contribution is 7.88. The highest BCUT2D eigenvalue weighted by atomic mass is 32.2. The Kier molecular flexibility index (Phi) is 19.7. The number of rotatable bonds is 21. The maximum atomic E-state index is 13.7. The zero-order valence-electron chi connectivity index (χ0n) is 38.8. The van der Waals surface area contributed by atoms with E-state index in [-0.39, 0.29) is 48.9 Å². The van der Waals surface area contributed by atoms with Crippen LogP contribution in [0.2, 0.25) is 0 Å². The Bertz CT molecular complexity index is 2570. The summed E-state index contributed by atoms with van der Waals surface area (Å²) in [5, 5.41) is 11.6. The van der Waals surface area contributed by atoms with Crippen LogP contribution < -0.4 is 26.2 Å². The first-order chi connectivity index (χ1) is 32.8. The summed E-state index contributed by atoms with van der Waals surface area (Å²) in [5.41, 5.74) is 0.933. The highest BCUT2D eigenvalue weighted by Crippen LogP contribution is 2.24. The fourth-order valence-electron chi connectivity index (χ4n) is 8.21. The second-order valence-corrected chi connectivity index (χ2v) is 18.9. The number of hydrogen-bond acceptors (Lipinski definition) is 11. The molecular formula is C49H62F4N8O6S. The fourth-order valence-corrected chi connectivity index (χ4v) is 9.77. The number of halogens is 4. The van der Waals surface area contributed by atoms with Gasteiger partial charge in [-0.25, -0.2) is 26.0 Å². The Labute approximate surface area is 395 Å². The molecule has 2 saturated heterocycles. The predicted octanol–water partition coefficient (Wildman–Crippen LogP) is 7.01. The average Bonchev–Trinajstić information content (AvgIpc) is 3.31. The van der Waals surface area contributed by atoms with E-state index in [4.69, 9.17) is 9.47 Å². The SMILES string of the molecule is CCCCCCOCC1CN(S(=O)(=O)Cc2ccccc2)CCN1c1cnn(-c2cc(F)cc(F)c2)c(=O)c1.CCCCCCOCC1CNCCN1c1cnn(-c2cc(F)cc(F)c2)c(=O)c1. The molecule has 2 unspecified atom stereocenters. The molecule has 2 fully saturated rings. The van der Waals surface area contributed by atoms with Crippen molar-refractivity contribution in [3.63, 3.8) is 0 Å². The van der Waals surface area contributed by atoms with E-state index in [1.54, 1.807) is 18.3 Å².